The van der Waals surface area contributed by atoms with Crippen LogP contribution in [0.5, 0.6) is 11.5 Å². The van der Waals surface area contributed by atoms with Crippen LogP contribution in [0.15, 0.2) is 10.6 Å². The standard InChI is InChI=1S/C15H13ClN2O3/c1-7(2)15-10(6-17)11(18-21-15)4-9-5-12(19)8(3)13(16)14(9)20/h4-5,7,19-20H,3H2,1-2H3/b9-4-. The molecule has 0 radical (unpaired) electrons. The number of halogens is 1. The molecular formula is C15H13ClN2O3. The lowest BCUT2D eigenvalue weighted by atomic mass is 10.1. The van der Waals surface area contributed by atoms with Crippen molar-refractivity contribution in [3.8, 4) is 17.6 Å². The Kier molecular flexibility index (Phi) is 3.92. The van der Waals surface area contributed by atoms with Gasteiger partial charge in [-0.2, -0.15) is 5.26 Å². The first-order valence-corrected chi connectivity index (χ1v) is 6.55. The normalized spacial score (nSPS) is 11.9. The summed E-state index contributed by atoms with van der Waals surface area (Å²) >= 11 is 5.88. The lowest BCUT2D eigenvalue weighted by molar-refractivity contribution is 0.369. The number of hydrogen-bond donors (Lipinski definition) is 2. The summed E-state index contributed by atoms with van der Waals surface area (Å²) in [4.78, 5) is 0. The Morgan fingerprint density at radius 2 is 2.14 bits per heavy atom. The van der Waals surface area contributed by atoms with Crippen molar-refractivity contribution >= 4 is 24.3 Å². The number of benzene rings is 1. The molecule has 108 valence electrons. The van der Waals surface area contributed by atoms with Crippen molar-refractivity contribution in [2.24, 2.45) is 0 Å². The van der Waals surface area contributed by atoms with Gasteiger partial charge in [0, 0.05) is 16.4 Å². The van der Waals surface area contributed by atoms with Gasteiger partial charge in [0.1, 0.15) is 28.8 Å². The first kappa shape index (κ1) is 14.9. The molecule has 0 aliphatic heterocycles. The van der Waals surface area contributed by atoms with Crippen molar-refractivity contribution in [3.63, 3.8) is 0 Å². The van der Waals surface area contributed by atoms with Gasteiger partial charge in [-0.25, -0.2) is 0 Å². The molecule has 0 aliphatic carbocycles. The lowest BCUT2D eigenvalue weighted by Gasteiger charge is -2.01. The smallest absolute Gasteiger partial charge is 0.157 e. The van der Waals surface area contributed by atoms with Crippen molar-refractivity contribution in [2.75, 3.05) is 0 Å². The van der Waals surface area contributed by atoms with E-state index >= 15 is 0 Å². The molecule has 0 amide bonds. The van der Waals surface area contributed by atoms with Crippen molar-refractivity contribution in [2.45, 2.75) is 19.8 Å². The van der Waals surface area contributed by atoms with Gasteiger partial charge in [-0.15, -0.1) is 0 Å². The monoisotopic (exact) mass is 304 g/mol. The van der Waals surface area contributed by atoms with Crippen LogP contribution in [-0.4, -0.2) is 15.4 Å². The molecule has 0 fully saturated rings. The van der Waals surface area contributed by atoms with Crippen LogP contribution in [0.25, 0.3) is 12.7 Å². The van der Waals surface area contributed by atoms with Gasteiger partial charge in [-0.05, 0) is 12.1 Å². The van der Waals surface area contributed by atoms with Crippen LogP contribution in [0, 0.1) is 11.3 Å². The van der Waals surface area contributed by atoms with Crippen LogP contribution in [0.1, 0.15) is 36.8 Å². The predicted molar refractivity (Wildman–Crippen MR) is 78.4 cm³/mol. The predicted octanol–water partition coefficient (Wildman–Crippen LogP) is 1.97. The Hall–Kier alpha value is -2.45. The molecule has 0 saturated heterocycles. The fourth-order valence-corrected chi connectivity index (χ4v) is 2.07. The third-order valence-corrected chi connectivity index (χ3v) is 3.43. The second-order valence-corrected chi connectivity index (χ2v) is 5.22. The molecule has 0 aliphatic rings. The van der Waals surface area contributed by atoms with Crippen molar-refractivity contribution in [1.29, 1.82) is 5.26 Å². The minimum atomic E-state index is -0.238. The molecule has 1 aromatic carbocycles. The number of aromatic nitrogens is 1. The van der Waals surface area contributed by atoms with Crippen LogP contribution in [0.2, 0.25) is 5.02 Å². The lowest BCUT2D eigenvalue weighted by Crippen LogP contribution is -2.11. The molecular weight excluding hydrogens is 292 g/mol. The minimum absolute atomic E-state index is 0.00195. The van der Waals surface area contributed by atoms with Crippen LogP contribution in [-0.2, 0) is 0 Å². The molecule has 1 aromatic heterocycles. The van der Waals surface area contributed by atoms with E-state index in [4.69, 9.17) is 16.1 Å². The molecule has 6 heteroatoms. The molecule has 0 atom stereocenters. The molecule has 2 aromatic rings. The van der Waals surface area contributed by atoms with E-state index in [1.54, 1.807) is 0 Å². The number of phenols is 2. The average molecular weight is 305 g/mol. The number of rotatable bonds is 2. The molecule has 1 heterocycles. The highest BCUT2D eigenvalue weighted by molar-refractivity contribution is 6.32. The van der Waals surface area contributed by atoms with Crippen LogP contribution in [0.3, 0.4) is 0 Å². The zero-order valence-electron chi connectivity index (χ0n) is 11.5. The zero-order valence-corrected chi connectivity index (χ0v) is 12.3. The summed E-state index contributed by atoms with van der Waals surface area (Å²) in [5, 5.41) is 33.1. The highest BCUT2D eigenvalue weighted by Gasteiger charge is 2.17. The van der Waals surface area contributed by atoms with Gasteiger partial charge in [-0.3, -0.25) is 0 Å². The summed E-state index contributed by atoms with van der Waals surface area (Å²) < 4.78 is 5.15. The van der Waals surface area contributed by atoms with E-state index in [1.807, 2.05) is 19.9 Å². The van der Waals surface area contributed by atoms with E-state index < -0.39 is 0 Å². The minimum Gasteiger partial charge on any atom is -0.507 e. The first-order valence-electron chi connectivity index (χ1n) is 6.17. The molecule has 0 spiro atoms. The largest absolute Gasteiger partial charge is 0.507 e. The zero-order chi connectivity index (χ0) is 15.7. The Morgan fingerprint density at radius 3 is 2.71 bits per heavy atom. The Bertz CT molecular complexity index is 847. The summed E-state index contributed by atoms with van der Waals surface area (Å²) in [6, 6.07) is 3.33. The van der Waals surface area contributed by atoms with Gasteiger partial charge in [0.05, 0.1) is 5.02 Å². The number of hydrogen-bond acceptors (Lipinski definition) is 5. The van der Waals surface area contributed by atoms with Crippen molar-refractivity contribution < 1.29 is 14.7 Å². The van der Waals surface area contributed by atoms with Gasteiger partial charge >= 0.3 is 0 Å². The second-order valence-electron chi connectivity index (χ2n) is 4.84. The third-order valence-electron chi connectivity index (χ3n) is 3.02. The van der Waals surface area contributed by atoms with E-state index in [9.17, 15) is 15.5 Å². The Balaban J connectivity index is 2.72. The molecule has 5 nitrogen and oxygen atoms in total. The van der Waals surface area contributed by atoms with Crippen LogP contribution >= 0.6 is 11.6 Å². The number of phenolic OH excluding ortho intramolecular Hbond substituents is 2. The van der Waals surface area contributed by atoms with Gasteiger partial charge < -0.3 is 14.7 Å². The molecule has 21 heavy (non-hydrogen) atoms. The molecule has 2 rings (SSSR count). The maximum Gasteiger partial charge on any atom is 0.157 e. The Morgan fingerprint density at radius 1 is 1.48 bits per heavy atom. The number of nitrogens with zero attached hydrogens (tertiary/aromatic N) is 2. The van der Waals surface area contributed by atoms with Crippen LogP contribution in [0.4, 0.5) is 0 Å². The fraction of sp³-hybridized carbons (Fsp3) is 0.200. The SMILES string of the molecule is C=c1c(O)c/c(=C/c2noc(C(C)C)c2C#N)c(O)c1Cl. The number of aromatic hydroxyl groups is 2. The summed E-state index contributed by atoms with van der Waals surface area (Å²) in [7, 11) is 0. The molecule has 0 bridgehead atoms. The molecule has 2 N–H and O–H groups in total. The fourth-order valence-electron chi connectivity index (χ4n) is 1.86. The van der Waals surface area contributed by atoms with Crippen molar-refractivity contribution in [1.82, 2.24) is 5.16 Å². The van der Waals surface area contributed by atoms with Gasteiger partial charge in [0.25, 0.3) is 0 Å². The van der Waals surface area contributed by atoms with E-state index in [1.165, 1.54) is 12.1 Å². The van der Waals surface area contributed by atoms with E-state index in [0.29, 0.717) is 11.3 Å². The quantitative estimate of drug-likeness (QED) is 0.828. The number of nitriles is 1. The second kappa shape index (κ2) is 5.51. The maximum atomic E-state index is 9.99. The average Bonchev–Trinajstić information content (AvgIpc) is 2.85. The topological polar surface area (TPSA) is 90.3 Å². The van der Waals surface area contributed by atoms with Gasteiger partial charge in [-0.1, -0.05) is 37.2 Å². The summed E-state index contributed by atoms with van der Waals surface area (Å²) in [6.45, 7) is 7.30. The maximum absolute atomic E-state index is 9.99. The third kappa shape index (κ3) is 2.58. The highest BCUT2D eigenvalue weighted by Crippen LogP contribution is 2.23. The summed E-state index contributed by atoms with van der Waals surface area (Å²) in [5.74, 6) is 0.0713. The van der Waals surface area contributed by atoms with Gasteiger partial charge in [0.15, 0.2) is 5.76 Å². The summed E-state index contributed by atoms with van der Waals surface area (Å²) in [5.41, 5.74) is 0.558. The van der Waals surface area contributed by atoms with Crippen molar-refractivity contribution in [3.05, 3.63) is 38.5 Å². The Labute approximate surface area is 126 Å². The highest BCUT2D eigenvalue weighted by atomic mass is 35.5. The van der Waals surface area contributed by atoms with E-state index in [0.717, 1.165) is 0 Å². The molecule has 0 saturated carbocycles. The molecule has 0 unspecified atom stereocenters. The van der Waals surface area contributed by atoms with Gasteiger partial charge in [0.2, 0.25) is 0 Å². The summed E-state index contributed by atoms with van der Waals surface area (Å²) in [6.07, 6.45) is 1.42. The van der Waals surface area contributed by atoms with E-state index in [2.05, 4.69) is 11.7 Å². The van der Waals surface area contributed by atoms with E-state index in [-0.39, 0.29) is 38.6 Å². The van der Waals surface area contributed by atoms with Crippen LogP contribution < -0.4 is 10.4 Å². The first-order chi connectivity index (χ1) is 9.86.